The normalized spacial score (nSPS) is 19.5. The van der Waals surface area contributed by atoms with E-state index >= 15 is 0 Å². The van der Waals surface area contributed by atoms with Gasteiger partial charge in [0.25, 0.3) is 0 Å². The number of esters is 2. The smallest absolute Gasteiger partial charge is 0.416 e. The van der Waals surface area contributed by atoms with Crippen molar-refractivity contribution in [2.45, 2.75) is 18.7 Å². The molecule has 0 amide bonds. The van der Waals surface area contributed by atoms with Crippen molar-refractivity contribution in [3.63, 3.8) is 0 Å². The van der Waals surface area contributed by atoms with Gasteiger partial charge in [-0.15, -0.1) is 0 Å². The van der Waals surface area contributed by atoms with Crippen LogP contribution < -0.4 is 9.47 Å². The molecule has 0 aliphatic carbocycles. The van der Waals surface area contributed by atoms with Gasteiger partial charge >= 0.3 is 18.1 Å². The second kappa shape index (κ2) is 7.30. The van der Waals surface area contributed by atoms with E-state index in [1.165, 1.54) is 13.2 Å². The molecule has 142 valence electrons. The largest absolute Gasteiger partial charge is 0.496 e. The molecule has 0 N–H and O–H groups in total. The van der Waals surface area contributed by atoms with Gasteiger partial charge < -0.3 is 14.2 Å². The summed E-state index contributed by atoms with van der Waals surface area (Å²) in [6.07, 6.45) is -5.73. The molecule has 2 unspecified atom stereocenters. The van der Waals surface area contributed by atoms with Crippen LogP contribution in [0, 0.1) is 5.92 Å². The lowest BCUT2D eigenvalue weighted by Crippen LogP contribution is -2.24. The van der Waals surface area contributed by atoms with E-state index in [1.54, 1.807) is 24.3 Å². The number of hydrogen-bond acceptors (Lipinski definition) is 5. The van der Waals surface area contributed by atoms with Gasteiger partial charge in [-0.25, -0.2) is 0 Å². The highest BCUT2D eigenvalue weighted by Crippen LogP contribution is 2.40. The summed E-state index contributed by atoms with van der Waals surface area (Å²) in [7, 11) is 1.44. The molecule has 0 aromatic heterocycles. The van der Waals surface area contributed by atoms with E-state index < -0.39 is 35.7 Å². The number of alkyl halides is 3. The molecule has 1 aliphatic heterocycles. The first kappa shape index (κ1) is 18.8. The van der Waals surface area contributed by atoms with Crippen LogP contribution in [0.2, 0.25) is 0 Å². The lowest BCUT2D eigenvalue weighted by Gasteiger charge is -2.19. The van der Waals surface area contributed by atoms with Gasteiger partial charge in [-0.2, -0.15) is 13.2 Å². The summed E-state index contributed by atoms with van der Waals surface area (Å²) in [5.74, 6) is -2.28. The molecule has 5 nitrogen and oxygen atoms in total. The maximum atomic E-state index is 12.8. The van der Waals surface area contributed by atoms with Crippen molar-refractivity contribution in [3.05, 3.63) is 59.7 Å². The predicted molar refractivity (Wildman–Crippen MR) is 87.0 cm³/mol. The van der Waals surface area contributed by atoms with Crippen molar-refractivity contribution < 1.29 is 37.0 Å². The molecule has 0 spiro atoms. The molecule has 1 aliphatic rings. The van der Waals surface area contributed by atoms with Gasteiger partial charge in [0.2, 0.25) is 0 Å². The van der Waals surface area contributed by atoms with Crippen LogP contribution in [0.3, 0.4) is 0 Å². The molecule has 3 rings (SSSR count). The second-order valence-electron chi connectivity index (χ2n) is 5.91. The first-order valence-corrected chi connectivity index (χ1v) is 8.01. The number of methoxy groups -OCH3 is 1. The maximum absolute atomic E-state index is 12.8. The Morgan fingerprint density at radius 3 is 2.59 bits per heavy atom. The summed E-state index contributed by atoms with van der Waals surface area (Å²) in [6, 6.07) is 10.7. The fourth-order valence-corrected chi connectivity index (χ4v) is 2.87. The average molecular weight is 380 g/mol. The van der Waals surface area contributed by atoms with Gasteiger partial charge in [0.15, 0.2) is 0 Å². The Morgan fingerprint density at radius 2 is 1.89 bits per heavy atom. The quantitative estimate of drug-likeness (QED) is 0.594. The molecule has 2 aromatic rings. The maximum Gasteiger partial charge on any atom is 0.416 e. The van der Waals surface area contributed by atoms with E-state index in [-0.39, 0.29) is 12.2 Å². The van der Waals surface area contributed by atoms with Crippen LogP contribution >= 0.6 is 0 Å². The summed E-state index contributed by atoms with van der Waals surface area (Å²) in [4.78, 5) is 24.3. The zero-order valence-corrected chi connectivity index (χ0v) is 14.2. The zero-order valence-electron chi connectivity index (χ0n) is 14.2. The highest BCUT2D eigenvalue weighted by molar-refractivity contribution is 5.85. The Kier molecular flexibility index (Phi) is 5.07. The number of hydrogen-bond donors (Lipinski definition) is 0. The molecule has 2 atom stereocenters. The highest BCUT2D eigenvalue weighted by Gasteiger charge is 2.43. The fourth-order valence-electron chi connectivity index (χ4n) is 2.87. The molecule has 27 heavy (non-hydrogen) atoms. The van der Waals surface area contributed by atoms with Crippen LogP contribution in [-0.4, -0.2) is 19.0 Å². The Hall–Kier alpha value is -3.03. The zero-order chi connectivity index (χ0) is 19.6. The fraction of sp³-hybridized carbons (Fsp3) is 0.263. The number of rotatable bonds is 4. The Bertz CT molecular complexity index is 862. The molecule has 2 aromatic carbocycles. The predicted octanol–water partition coefficient (Wildman–Crippen LogP) is 3.92. The number of carbonyl (C=O) groups is 2. The Morgan fingerprint density at radius 1 is 1.15 bits per heavy atom. The van der Waals surface area contributed by atoms with Crippen LogP contribution in [0.25, 0.3) is 0 Å². The number of para-hydroxylation sites is 1. The lowest BCUT2D eigenvalue weighted by atomic mass is 9.94. The Labute approximate surface area is 152 Å². The monoisotopic (exact) mass is 380 g/mol. The van der Waals surface area contributed by atoms with Crippen LogP contribution in [0.1, 0.15) is 23.7 Å². The van der Waals surface area contributed by atoms with Crippen LogP contribution in [0.15, 0.2) is 48.5 Å². The molecule has 1 saturated heterocycles. The summed E-state index contributed by atoms with van der Waals surface area (Å²) < 4.78 is 54.0. The number of carbonyl (C=O) groups excluding carboxylic acids is 2. The SMILES string of the molecule is COc1ccccc1C1OC(=O)CC1C(=O)Oc1cccc(C(F)(F)F)c1. The van der Waals surface area contributed by atoms with E-state index in [0.29, 0.717) is 11.3 Å². The first-order valence-electron chi connectivity index (χ1n) is 8.01. The molecule has 0 saturated carbocycles. The average Bonchev–Trinajstić information content (AvgIpc) is 3.03. The summed E-state index contributed by atoms with van der Waals surface area (Å²) >= 11 is 0. The van der Waals surface area contributed by atoms with Crippen molar-refractivity contribution in [2.24, 2.45) is 5.92 Å². The molecular weight excluding hydrogens is 365 g/mol. The van der Waals surface area contributed by atoms with Crippen molar-refractivity contribution in [3.8, 4) is 11.5 Å². The van der Waals surface area contributed by atoms with Gasteiger partial charge in [-0.05, 0) is 24.3 Å². The second-order valence-corrected chi connectivity index (χ2v) is 5.91. The summed E-state index contributed by atoms with van der Waals surface area (Å²) in [5.41, 5.74) is -0.454. The van der Waals surface area contributed by atoms with Gasteiger partial charge in [-0.3, -0.25) is 9.59 Å². The first-order chi connectivity index (χ1) is 12.8. The third-order valence-electron chi connectivity index (χ3n) is 4.14. The molecular formula is C19H15F3O5. The standard InChI is InChI=1S/C19H15F3O5/c1-25-15-8-3-2-7-13(15)17-14(10-16(23)27-17)18(24)26-12-6-4-5-11(9-12)19(20,21)22/h2-9,14,17H,10H2,1H3. The number of ether oxygens (including phenoxy) is 3. The third-order valence-corrected chi connectivity index (χ3v) is 4.14. The van der Waals surface area contributed by atoms with Crippen LogP contribution in [0.5, 0.6) is 11.5 Å². The van der Waals surface area contributed by atoms with Crippen molar-refractivity contribution in [1.29, 1.82) is 0 Å². The summed E-state index contributed by atoms with van der Waals surface area (Å²) in [5, 5.41) is 0. The van der Waals surface area contributed by atoms with Crippen molar-refractivity contribution in [1.82, 2.24) is 0 Å². The van der Waals surface area contributed by atoms with Crippen LogP contribution in [-0.2, 0) is 20.5 Å². The molecule has 0 radical (unpaired) electrons. The van der Waals surface area contributed by atoms with Crippen LogP contribution in [0.4, 0.5) is 13.2 Å². The van der Waals surface area contributed by atoms with Gasteiger partial charge in [-0.1, -0.05) is 24.3 Å². The molecule has 1 heterocycles. The third kappa shape index (κ3) is 4.05. The number of halogens is 3. The topological polar surface area (TPSA) is 61.8 Å². The number of cyclic esters (lactones) is 1. The van der Waals surface area contributed by atoms with E-state index in [2.05, 4.69) is 0 Å². The van der Waals surface area contributed by atoms with Gasteiger partial charge in [0, 0.05) is 5.56 Å². The van der Waals surface area contributed by atoms with Crippen molar-refractivity contribution >= 4 is 11.9 Å². The minimum atomic E-state index is -4.56. The van der Waals surface area contributed by atoms with E-state index in [1.807, 2.05) is 0 Å². The van der Waals surface area contributed by atoms with Crippen molar-refractivity contribution in [2.75, 3.05) is 7.11 Å². The van der Waals surface area contributed by atoms with E-state index in [0.717, 1.165) is 18.2 Å². The number of benzene rings is 2. The lowest BCUT2D eigenvalue weighted by molar-refractivity contribution is -0.144. The van der Waals surface area contributed by atoms with Gasteiger partial charge in [0.05, 0.1) is 19.1 Å². The molecule has 0 bridgehead atoms. The molecule has 1 fully saturated rings. The van der Waals surface area contributed by atoms with E-state index in [4.69, 9.17) is 14.2 Å². The van der Waals surface area contributed by atoms with E-state index in [9.17, 15) is 22.8 Å². The summed E-state index contributed by atoms with van der Waals surface area (Å²) in [6.45, 7) is 0. The Balaban J connectivity index is 1.84. The minimum absolute atomic E-state index is 0.236. The highest BCUT2D eigenvalue weighted by atomic mass is 19.4. The minimum Gasteiger partial charge on any atom is -0.496 e. The molecule has 8 heteroatoms. The van der Waals surface area contributed by atoms with Gasteiger partial charge in [0.1, 0.15) is 23.5 Å².